The van der Waals surface area contributed by atoms with E-state index in [-0.39, 0.29) is 24.4 Å². The standard InChI is InChI=1S/C16H23FN2O3/c1-11(12-5-6-13(17)14(9-12)22-2)19-15(20)18-10-16(21)7-3-4-8-16/h5-6,9,11,21H,3-4,7-8,10H2,1-2H3,(H2,18,19,20). The van der Waals surface area contributed by atoms with E-state index in [1.165, 1.54) is 13.2 Å². The van der Waals surface area contributed by atoms with E-state index in [2.05, 4.69) is 10.6 Å². The zero-order valence-electron chi connectivity index (χ0n) is 13.0. The number of nitrogens with one attached hydrogen (secondary N) is 2. The molecular weight excluding hydrogens is 287 g/mol. The number of hydrogen-bond acceptors (Lipinski definition) is 3. The molecule has 0 aliphatic heterocycles. The maximum Gasteiger partial charge on any atom is 0.315 e. The molecule has 1 aromatic rings. The second-order valence-electron chi connectivity index (χ2n) is 5.87. The number of ether oxygens (including phenoxy) is 1. The average Bonchev–Trinajstić information content (AvgIpc) is 2.93. The van der Waals surface area contributed by atoms with Crippen LogP contribution in [0.3, 0.4) is 0 Å². The second kappa shape index (κ2) is 6.96. The quantitative estimate of drug-likeness (QED) is 0.782. The highest BCUT2D eigenvalue weighted by molar-refractivity contribution is 5.74. The number of carbonyl (C=O) groups is 1. The van der Waals surface area contributed by atoms with Gasteiger partial charge in [0.05, 0.1) is 18.8 Å². The van der Waals surface area contributed by atoms with Crippen LogP contribution in [0.2, 0.25) is 0 Å². The minimum absolute atomic E-state index is 0.145. The molecule has 3 N–H and O–H groups in total. The Labute approximate surface area is 129 Å². The topological polar surface area (TPSA) is 70.6 Å². The van der Waals surface area contributed by atoms with Crippen molar-refractivity contribution in [3.8, 4) is 5.75 Å². The molecule has 1 fully saturated rings. The van der Waals surface area contributed by atoms with Crippen LogP contribution < -0.4 is 15.4 Å². The monoisotopic (exact) mass is 310 g/mol. The van der Waals surface area contributed by atoms with Crippen LogP contribution in [0.1, 0.15) is 44.2 Å². The van der Waals surface area contributed by atoms with Crippen molar-refractivity contribution in [1.82, 2.24) is 10.6 Å². The molecule has 2 rings (SSSR count). The minimum atomic E-state index is -0.778. The summed E-state index contributed by atoms with van der Waals surface area (Å²) in [5, 5.41) is 15.7. The van der Waals surface area contributed by atoms with Crippen LogP contribution in [0.25, 0.3) is 0 Å². The van der Waals surface area contributed by atoms with Gasteiger partial charge in [-0.25, -0.2) is 9.18 Å². The number of urea groups is 1. The molecule has 6 heteroatoms. The van der Waals surface area contributed by atoms with E-state index in [1.54, 1.807) is 19.1 Å². The van der Waals surface area contributed by atoms with E-state index in [1.807, 2.05) is 0 Å². The average molecular weight is 310 g/mol. The molecule has 22 heavy (non-hydrogen) atoms. The summed E-state index contributed by atoms with van der Waals surface area (Å²) < 4.78 is 18.3. The van der Waals surface area contributed by atoms with Crippen LogP contribution in [-0.2, 0) is 0 Å². The summed E-state index contributed by atoms with van der Waals surface area (Å²) >= 11 is 0. The highest BCUT2D eigenvalue weighted by Crippen LogP contribution is 2.28. The lowest BCUT2D eigenvalue weighted by Crippen LogP contribution is -2.45. The molecule has 0 aromatic heterocycles. The Morgan fingerprint density at radius 2 is 2.14 bits per heavy atom. The van der Waals surface area contributed by atoms with E-state index in [9.17, 15) is 14.3 Å². The Hall–Kier alpha value is -1.82. The summed E-state index contributed by atoms with van der Waals surface area (Å²) in [5.74, 6) is -0.293. The second-order valence-corrected chi connectivity index (χ2v) is 5.87. The third kappa shape index (κ3) is 4.10. The number of hydrogen-bond donors (Lipinski definition) is 3. The van der Waals surface area contributed by atoms with E-state index in [0.29, 0.717) is 0 Å². The number of aliphatic hydroxyl groups is 1. The molecule has 0 bridgehead atoms. The highest BCUT2D eigenvalue weighted by Gasteiger charge is 2.31. The van der Waals surface area contributed by atoms with Gasteiger partial charge >= 0.3 is 6.03 Å². The predicted molar refractivity (Wildman–Crippen MR) is 81.3 cm³/mol. The zero-order chi connectivity index (χ0) is 16.2. The summed E-state index contributed by atoms with van der Waals surface area (Å²) in [5.41, 5.74) is -0.0346. The Balaban J connectivity index is 1.88. The van der Waals surface area contributed by atoms with Gasteiger partial charge in [0.2, 0.25) is 0 Å². The molecule has 0 radical (unpaired) electrons. The summed E-state index contributed by atoms with van der Waals surface area (Å²) in [7, 11) is 1.40. The maximum atomic E-state index is 13.4. The van der Waals surface area contributed by atoms with Crippen molar-refractivity contribution in [3.63, 3.8) is 0 Å². The minimum Gasteiger partial charge on any atom is -0.494 e. The fourth-order valence-electron chi connectivity index (χ4n) is 2.73. The molecule has 1 aliphatic carbocycles. The third-order valence-electron chi connectivity index (χ3n) is 4.14. The van der Waals surface area contributed by atoms with Gasteiger partial charge in [-0.2, -0.15) is 0 Å². The van der Waals surface area contributed by atoms with Gasteiger partial charge in [0.25, 0.3) is 0 Å². The Morgan fingerprint density at radius 1 is 1.45 bits per heavy atom. The first-order chi connectivity index (χ1) is 10.4. The van der Waals surface area contributed by atoms with Gasteiger partial charge in [-0.15, -0.1) is 0 Å². The molecular formula is C16H23FN2O3. The number of carbonyl (C=O) groups excluding carboxylic acids is 1. The van der Waals surface area contributed by atoms with Gasteiger partial charge in [0.1, 0.15) is 0 Å². The van der Waals surface area contributed by atoms with Gasteiger partial charge in [0, 0.05) is 6.54 Å². The number of rotatable bonds is 5. The smallest absolute Gasteiger partial charge is 0.315 e. The number of amides is 2. The van der Waals surface area contributed by atoms with Crippen LogP contribution in [0.4, 0.5) is 9.18 Å². The first kappa shape index (κ1) is 16.5. The van der Waals surface area contributed by atoms with Crippen molar-refractivity contribution >= 4 is 6.03 Å². The van der Waals surface area contributed by atoms with Crippen molar-refractivity contribution in [3.05, 3.63) is 29.6 Å². The zero-order valence-corrected chi connectivity index (χ0v) is 13.0. The van der Waals surface area contributed by atoms with E-state index in [0.717, 1.165) is 31.2 Å². The van der Waals surface area contributed by atoms with Crippen LogP contribution in [0, 0.1) is 5.82 Å². The summed E-state index contributed by atoms with van der Waals surface area (Å²) in [6.07, 6.45) is 3.42. The summed E-state index contributed by atoms with van der Waals surface area (Å²) in [4.78, 5) is 11.9. The molecule has 1 aliphatic rings. The van der Waals surface area contributed by atoms with E-state index < -0.39 is 11.4 Å². The molecule has 1 atom stereocenters. The normalized spacial score (nSPS) is 17.8. The van der Waals surface area contributed by atoms with E-state index >= 15 is 0 Å². The first-order valence-corrected chi connectivity index (χ1v) is 7.54. The largest absolute Gasteiger partial charge is 0.494 e. The van der Waals surface area contributed by atoms with Gasteiger partial charge < -0.3 is 20.5 Å². The van der Waals surface area contributed by atoms with Gasteiger partial charge in [-0.1, -0.05) is 18.9 Å². The molecule has 1 saturated carbocycles. The lowest BCUT2D eigenvalue weighted by atomic mass is 10.0. The van der Waals surface area contributed by atoms with Crippen LogP contribution in [0.15, 0.2) is 18.2 Å². The Bertz CT molecular complexity index is 530. The van der Waals surface area contributed by atoms with Crippen molar-refractivity contribution in [2.45, 2.75) is 44.2 Å². The Morgan fingerprint density at radius 3 is 2.77 bits per heavy atom. The maximum absolute atomic E-state index is 13.4. The SMILES string of the molecule is COc1cc(C(C)NC(=O)NCC2(O)CCCC2)ccc1F. The van der Waals surface area contributed by atoms with Crippen LogP contribution in [0.5, 0.6) is 5.75 Å². The lowest BCUT2D eigenvalue weighted by molar-refractivity contribution is 0.0500. The fourth-order valence-corrected chi connectivity index (χ4v) is 2.73. The molecule has 1 aromatic carbocycles. The van der Waals surface area contributed by atoms with Gasteiger partial charge in [-0.3, -0.25) is 0 Å². The van der Waals surface area contributed by atoms with Crippen molar-refractivity contribution in [2.75, 3.05) is 13.7 Å². The predicted octanol–water partition coefficient (Wildman–Crippen LogP) is 2.50. The van der Waals surface area contributed by atoms with Gasteiger partial charge in [-0.05, 0) is 37.5 Å². The fraction of sp³-hybridized carbons (Fsp3) is 0.562. The van der Waals surface area contributed by atoms with Crippen LogP contribution in [-0.4, -0.2) is 30.4 Å². The molecule has 1 unspecified atom stereocenters. The van der Waals surface area contributed by atoms with Crippen molar-refractivity contribution in [2.24, 2.45) is 0 Å². The Kier molecular flexibility index (Phi) is 5.24. The third-order valence-corrected chi connectivity index (χ3v) is 4.14. The molecule has 0 heterocycles. The number of benzene rings is 1. The van der Waals surface area contributed by atoms with E-state index in [4.69, 9.17) is 4.74 Å². The lowest BCUT2D eigenvalue weighted by Gasteiger charge is -2.23. The highest BCUT2D eigenvalue weighted by atomic mass is 19.1. The molecule has 122 valence electrons. The van der Waals surface area contributed by atoms with Crippen LogP contribution >= 0.6 is 0 Å². The molecule has 2 amide bonds. The van der Waals surface area contributed by atoms with Gasteiger partial charge in [0.15, 0.2) is 11.6 Å². The summed E-state index contributed by atoms with van der Waals surface area (Å²) in [6, 6.07) is 3.83. The number of halogens is 1. The van der Waals surface area contributed by atoms with Crippen molar-refractivity contribution in [1.29, 1.82) is 0 Å². The summed E-state index contributed by atoms with van der Waals surface area (Å²) in [6.45, 7) is 2.05. The first-order valence-electron chi connectivity index (χ1n) is 7.54. The van der Waals surface area contributed by atoms with Crippen molar-refractivity contribution < 1.29 is 19.0 Å². The molecule has 0 spiro atoms. The number of methoxy groups -OCH3 is 1. The molecule has 5 nitrogen and oxygen atoms in total. The molecule has 0 saturated heterocycles.